The van der Waals surface area contributed by atoms with Gasteiger partial charge in [0, 0.05) is 11.1 Å². The Bertz CT molecular complexity index is 804. The minimum absolute atomic E-state index is 0.217. The fourth-order valence-electron chi connectivity index (χ4n) is 2.10. The van der Waals surface area contributed by atoms with Crippen LogP contribution >= 0.6 is 11.3 Å². The zero-order valence-corrected chi connectivity index (χ0v) is 13.3. The van der Waals surface area contributed by atoms with Crippen LogP contribution in [0.1, 0.15) is 40.1 Å². The maximum absolute atomic E-state index is 12.4. The standard InChI is InChI=1S/C13H14N2O5S2/c1-7-6-21-12(14-7)11(8-2-3-8)15-22(18,19)10-5-4-9(20-10)13(16)17/h4-6,8,11,15H,2-3H2,1H3,(H,16,17). The highest BCUT2D eigenvalue weighted by atomic mass is 32.2. The van der Waals surface area contributed by atoms with Crippen molar-refractivity contribution < 1.29 is 22.7 Å². The topological polar surface area (TPSA) is 110 Å². The molecule has 0 bridgehead atoms. The minimum Gasteiger partial charge on any atom is -0.475 e. The molecule has 1 fully saturated rings. The van der Waals surface area contributed by atoms with Crippen molar-refractivity contribution in [1.29, 1.82) is 0 Å². The lowest BCUT2D eigenvalue weighted by atomic mass is 10.2. The van der Waals surface area contributed by atoms with Crippen molar-refractivity contribution in [3.05, 3.63) is 34.0 Å². The fourth-order valence-corrected chi connectivity index (χ4v) is 4.31. The first-order chi connectivity index (χ1) is 10.4. The summed E-state index contributed by atoms with van der Waals surface area (Å²) in [5.74, 6) is -1.50. The monoisotopic (exact) mass is 342 g/mol. The third-order valence-corrected chi connectivity index (χ3v) is 5.69. The molecule has 3 rings (SSSR count). The quantitative estimate of drug-likeness (QED) is 0.832. The van der Waals surface area contributed by atoms with Crippen molar-refractivity contribution in [2.45, 2.75) is 30.9 Å². The van der Waals surface area contributed by atoms with E-state index in [4.69, 9.17) is 9.52 Å². The molecule has 1 aliphatic rings. The molecule has 9 heteroatoms. The average Bonchev–Trinajstić information content (AvgIpc) is 2.98. The van der Waals surface area contributed by atoms with Crippen molar-refractivity contribution in [2.75, 3.05) is 0 Å². The number of aryl methyl sites for hydroxylation is 1. The first-order valence-corrected chi connectivity index (χ1v) is 9.00. The minimum atomic E-state index is -3.93. The van der Waals surface area contributed by atoms with E-state index in [-0.39, 0.29) is 5.92 Å². The fraction of sp³-hybridized carbons (Fsp3) is 0.385. The Labute approximate surface area is 131 Å². The van der Waals surface area contributed by atoms with Crippen LogP contribution in [0.2, 0.25) is 0 Å². The van der Waals surface area contributed by atoms with Crippen molar-refractivity contribution >= 4 is 27.3 Å². The molecule has 22 heavy (non-hydrogen) atoms. The number of carboxylic acid groups (broad SMARTS) is 1. The Morgan fingerprint density at radius 2 is 2.23 bits per heavy atom. The molecule has 0 radical (unpaired) electrons. The van der Waals surface area contributed by atoms with Gasteiger partial charge >= 0.3 is 5.97 Å². The summed E-state index contributed by atoms with van der Waals surface area (Å²) in [5.41, 5.74) is 0.844. The van der Waals surface area contributed by atoms with Crippen LogP contribution in [0.25, 0.3) is 0 Å². The molecule has 2 aromatic rings. The maximum Gasteiger partial charge on any atom is 0.371 e. The number of nitrogens with one attached hydrogen (secondary N) is 1. The van der Waals surface area contributed by atoms with Crippen LogP contribution in [0.5, 0.6) is 0 Å². The zero-order valence-electron chi connectivity index (χ0n) is 11.6. The van der Waals surface area contributed by atoms with Gasteiger partial charge in [0.1, 0.15) is 5.01 Å². The lowest BCUT2D eigenvalue weighted by Gasteiger charge is -2.14. The number of carboxylic acids is 1. The molecule has 118 valence electrons. The Morgan fingerprint density at radius 1 is 1.50 bits per heavy atom. The molecule has 0 spiro atoms. The summed E-state index contributed by atoms with van der Waals surface area (Å²) < 4.78 is 32.2. The second-order valence-electron chi connectivity index (χ2n) is 5.19. The van der Waals surface area contributed by atoms with Gasteiger partial charge in [0.15, 0.2) is 0 Å². The molecule has 1 aliphatic carbocycles. The Hall–Kier alpha value is -1.71. The van der Waals surface area contributed by atoms with Crippen LogP contribution in [0.15, 0.2) is 27.0 Å². The molecule has 2 N–H and O–H groups in total. The van der Waals surface area contributed by atoms with Crippen LogP contribution < -0.4 is 4.72 Å². The van der Waals surface area contributed by atoms with Gasteiger partial charge in [0.2, 0.25) is 10.9 Å². The smallest absolute Gasteiger partial charge is 0.371 e. The summed E-state index contributed by atoms with van der Waals surface area (Å²) in [4.78, 5) is 15.1. The average molecular weight is 342 g/mol. The summed E-state index contributed by atoms with van der Waals surface area (Å²) in [5, 5.41) is 11.0. The normalized spacial score (nSPS) is 16.6. The van der Waals surface area contributed by atoms with Gasteiger partial charge < -0.3 is 9.52 Å². The molecule has 0 saturated heterocycles. The van der Waals surface area contributed by atoms with Crippen LogP contribution in [-0.4, -0.2) is 24.5 Å². The third kappa shape index (κ3) is 3.06. The molecule has 0 amide bonds. The number of hydrogen-bond acceptors (Lipinski definition) is 6. The van der Waals surface area contributed by atoms with Crippen LogP contribution in [0.4, 0.5) is 0 Å². The van der Waals surface area contributed by atoms with Crippen molar-refractivity contribution in [2.24, 2.45) is 5.92 Å². The van der Waals surface area contributed by atoms with E-state index in [0.717, 1.165) is 30.7 Å². The highest BCUT2D eigenvalue weighted by Gasteiger charge is 2.38. The molecule has 7 nitrogen and oxygen atoms in total. The van der Waals surface area contributed by atoms with E-state index in [1.165, 1.54) is 11.3 Å². The second-order valence-corrected chi connectivity index (χ2v) is 7.72. The van der Waals surface area contributed by atoms with Crippen LogP contribution in [0, 0.1) is 12.8 Å². The van der Waals surface area contributed by atoms with Gasteiger partial charge in [-0.1, -0.05) is 0 Å². The summed E-state index contributed by atoms with van der Waals surface area (Å²) in [6, 6.07) is 1.86. The number of aromatic carboxylic acids is 1. The lowest BCUT2D eigenvalue weighted by molar-refractivity contribution is 0.0656. The van der Waals surface area contributed by atoms with Gasteiger partial charge in [-0.2, -0.15) is 4.72 Å². The lowest BCUT2D eigenvalue weighted by Crippen LogP contribution is -2.29. The van der Waals surface area contributed by atoms with Crippen molar-refractivity contribution in [3.8, 4) is 0 Å². The second kappa shape index (κ2) is 5.49. The van der Waals surface area contributed by atoms with Gasteiger partial charge in [0.25, 0.3) is 10.0 Å². The summed E-state index contributed by atoms with van der Waals surface area (Å²) in [6.45, 7) is 1.85. The van der Waals surface area contributed by atoms with Gasteiger partial charge in [-0.15, -0.1) is 11.3 Å². The number of nitrogens with zero attached hydrogens (tertiary/aromatic N) is 1. The number of sulfonamides is 1. The molecule has 1 saturated carbocycles. The Balaban J connectivity index is 1.86. The molecule has 1 unspecified atom stereocenters. The van der Waals surface area contributed by atoms with E-state index in [9.17, 15) is 13.2 Å². The first kappa shape index (κ1) is 15.2. The third-order valence-electron chi connectivity index (χ3n) is 3.34. The van der Waals surface area contributed by atoms with E-state index >= 15 is 0 Å². The number of rotatable bonds is 6. The molecular formula is C13H14N2O5S2. The van der Waals surface area contributed by atoms with E-state index in [0.29, 0.717) is 5.01 Å². The number of aromatic nitrogens is 1. The summed E-state index contributed by atoms with van der Waals surface area (Å²) in [7, 11) is -3.93. The molecule has 0 aliphatic heterocycles. The Kier molecular flexibility index (Phi) is 3.79. The highest BCUT2D eigenvalue weighted by molar-refractivity contribution is 7.89. The van der Waals surface area contributed by atoms with Crippen molar-refractivity contribution in [3.63, 3.8) is 0 Å². The van der Waals surface area contributed by atoms with Crippen LogP contribution in [-0.2, 0) is 10.0 Å². The molecule has 2 heterocycles. The predicted molar refractivity (Wildman–Crippen MR) is 78.3 cm³/mol. The number of carbonyl (C=O) groups is 1. The number of hydrogen-bond donors (Lipinski definition) is 2. The molecule has 1 atom stereocenters. The van der Waals surface area contributed by atoms with Gasteiger partial charge in [-0.25, -0.2) is 18.2 Å². The van der Waals surface area contributed by atoms with E-state index in [2.05, 4.69) is 9.71 Å². The van der Waals surface area contributed by atoms with Gasteiger partial charge in [-0.05, 0) is 37.8 Å². The molecular weight excluding hydrogens is 328 g/mol. The SMILES string of the molecule is Cc1csc(C(NS(=O)(=O)c2ccc(C(=O)O)o2)C2CC2)n1. The Morgan fingerprint density at radius 3 is 2.73 bits per heavy atom. The number of furan rings is 1. The van der Waals surface area contributed by atoms with Gasteiger partial charge in [0.05, 0.1) is 6.04 Å². The first-order valence-electron chi connectivity index (χ1n) is 6.64. The van der Waals surface area contributed by atoms with Gasteiger partial charge in [-0.3, -0.25) is 0 Å². The zero-order chi connectivity index (χ0) is 15.9. The molecule has 2 aromatic heterocycles. The maximum atomic E-state index is 12.4. The van der Waals surface area contributed by atoms with Crippen molar-refractivity contribution in [1.82, 2.24) is 9.71 Å². The van der Waals surface area contributed by atoms with E-state index < -0.39 is 32.9 Å². The molecule has 0 aromatic carbocycles. The highest BCUT2D eigenvalue weighted by Crippen LogP contribution is 2.42. The van der Waals surface area contributed by atoms with Crippen LogP contribution in [0.3, 0.4) is 0 Å². The summed E-state index contributed by atoms with van der Waals surface area (Å²) in [6.07, 6.45) is 1.87. The number of thiazole rings is 1. The van der Waals surface area contributed by atoms with E-state index in [1.807, 2.05) is 12.3 Å². The van der Waals surface area contributed by atoms with E-state index in [1.54, 1.807) is 0 Å². The largest absolute Gasteiger partial charge is 0.475 e. The predicted octanol–water partition coefficient (Wildman–Crippen LogP) is 2.17. The summed E-state index contributed by atoms with van der Waals surface area (Å²) >= 11 is 1.41.